The molecule has 2 heterocycles. The second-order valence-corrected chi connectivity index (χ2v) is 6.30. The minimum atomic E-state index is -0.772. The van der Waals surface area contributed by atoms with E-state index in [9.17, 15) is 13.6 Å². The first-order valence-corrected chi connectivity index (χ1v) is 7.46. The molecule has 3 nitrogen and oxygen atoms in total. The van der Waals surface area contributed by atoms with Crippen LogP contribution < -0.4 is 5.32 Å². The van der Waals surface area contributed by atoms with E-state index in [0.717, 1.165) is 38.4 Å². The van der Waals surface area contributed by atoms with Gasteiger partial charge in [0.2, 0.25) is 0 Å². The maximum atomic E-state index is 13.8. The Labute approximate surface area is 123 Å². The highest BCUT2D eigenvalue weighted by molar-refractivity contribution is 5.94. The first kappa shape index (κ1) is 14.4. The van der Waals surface area contributed by atoms with Crippen molar-refractivity contribution in [3.05, 3.63) is 34.9 Å². The van der Waals surface area contributed by atoms with Crippen molar-refractivity contribution in [3.8, 4) is 0 Å². The average Bonchev–Trinajstić information content (AvgIpc) is 2.91. The summed E-state index contributed by atoms with van der Waals surface area (Å²) in [6.07, 6.45) is 3.06. The van der Waals surface area contributed by atoms with Gasteiger partial charge in [-0.15, -0.1) is 0 Å². The van der Waals surface area contributed by atoms with Crippen LogP contribution in [0.4, 0.5) is 8.78 Å². The lowest BCUT2D eigenvalue weighted by Gasteiger charge is -2.39. The SMILES string of the molecule is Cc1cc(C(=O)N2CCC3(CCNC3)CC2)c(F)cc1F. The lowest BCUT2D eigenvalue weighted by atomic mass is 9.78. The van der Waals surface area contributed by atoms with Crippen molar-refractivity contribution in [3.63, 3.8) is 0 Å². The lowest BCUT2D eigenvalue weighted by molar-refractivity contribution is 0.0603. The van der Waals surface area contributed by atoms with Gasteiger partial charge in [0.15, 0.2) is 0 Å². The molecule has 0 atom stereocenters. The van der Waals surface area contributed by atoms with Gasteiger partial charge in [0.1, 0.15) is 11.6 Å². The Morgan fingerprint density at radius 1 is 1.19 bits per heavy atom. The summed E-state index contributed by atoms with van der Waals surface area (Å²) in [6.45, 7) is 4.90. The molecular formula is C16H20F2N2O. The van der Waals surface area contributed by atoms with Crippen LogP contribution >= 0.6 is 0 Å². The first-order valence-electron chi connectivity index (χ1n) is 7.46. The predicted molar refractivity (Wildman–Crippen MR) is 76.2 cm³/mol. The summed E-state index contributed by atoms with van der Waals surface area (Å²) in [5.74, 6) is -1.71. The van der Waals surface area contributed by atoms with Crippen LogP contribution in [0.1, 0.15) is 35.2 Å². The molecule has 2 aliphatic rings. The van der Waals surface area contributed by atoms with Gasteiger partial charge in [-0.1, -0.05) is 0 Å². The number of hydrogen-bond donors (Lipinski definition) is 1. The molecule has 1 aromatic rings. The third-order valence-corrected chi connectivity index (χ3v) is 4.92. The van der Waals surface area contributed by atoms with E-state index in [4.69, 9.17) is 0 Å². The number of carbonyl (C=O) groups excluding carboxylic acids is 1. The molecule has 0 saturated carbocycles. The molecule has 5 heteroatoms. The number of nitrogens with one attached hydrogen (secondary N) is 1. The van der Waals surface area contributed by atoms with E-state index in [1.807, 2.05) is 0 Å². The number of aryl methyl sites for hydroxylation is 1. The monoisotopic (exact) mass is 294 g/mol. The summed E-state index contributed by atoms with van der Waals surface area (Å²) < 4.78 is 27.1. The Morgan fingerprint density at radius 3 is 2.52 bits per heavy atom. The summed E-state index contributed by atoms with van der Waals surface area (Å²) in [5, 5.41) is 3.38. The van der Waals surface area contributed by atoms with Gasteiger partial charge >= 0.3 is 0 Å². The Morgan fingerprint density at radius 2 is 1.90 bits per heavy atom. The van der Waals surface area contributed by atoms with Crippen LogP contribution in [0.2, 0.25) is 0 Å². The number of nitrogens with zero attached hydrogens (tertiary/aromatic N) is 1. The fourth-order valence-corrected chi connectivity index (χ4v) is 3.40. The number of amides is 1. The van der Waals surface area contributed by atoms with Crippen molar-refractivity contribution in [2.45, 2.75) is 26.2 Å². The van der Waals surface area contributed by atoms with Gasteiger partial charge in [0.05, 0.1) is 5.56 Å². The highest BCUT2D eigenvalue weighted by atomic mass is 19.1. The van der Waals surface area contributed by atoms with Crippen LogP contribution in [0, 0.1) is 24.0 Å². The number of rotatable bonds is 1. The van der Waals surface area contributed by atoms with Gasteiger partial charge < -0.3 is 10.2 Å². The van der Waals surface area contributed by atoms with Gasteiger partial charge in [-0.3, -0.25) is 4.79 Å². The topological polar surface area (TPSA) is 32.3 Å². The molecule has 0 radical (unpaired) electrons. The molecule has 0 aromatic heterocycles. The molecule has 1 amide bonds. The molecule has 1 aromatic carbocycles. The fraction of sp³-hybridized carbons (Fsp3) is 0.562. The Hall–Kier alpha value is -1.49. The van der Waals surface area contributed by atoms with E-state index in [1.54, 1.807) is 11.8 Å². The standard InChI is InChI=1S/C16H20F2N2O/c1-11-8-12(14(18)9-13(11)17)15(21)20-6-3-16(4-7-20)2-5-19-10-16/h8-9,19H,2-7,10H2,1H3. The second kappa shape index (κ2) is 5.37. The number of likely N-dealkylation sites (tertiary alicyclic amines) is 1. The molecule has 3 rings (SSSR count). The predicted octanol–water partition coefficient (Wildman–Crippen LogP) is 2.49. The average molecular weight is 294 g/mol. The maximum Gasteiger partial charge on any atom is 0.256 e. The van der Waals surface area contributed by atoms with E-state index >= 15 is 0 Å². The highest BCUT2D eigenvalue weighted by Gasteiger charge is 2.38. The summed E-state index contributed by atoms with van der Waals surface area (Å²) in [5.41, 5.74) is 0.594. The molecule has 0 unspecified atom stereocenters. The smallest absolute Gasteiger partial charge is 0.256 e. The number of carbonyl (C=O) groups is 1. The molecule has 2 aliphatic heterocycles. The zero-order valence-electron chi connectivity index (χ0n) is 12.2. The first-order chi connectivity index (χ1) is 10.0. The Balaban J connectivity index is 1.73. The minimum absolute atomic E-state index is 0.0191. The van der Waals surface area contributed by atoms with Crippen molar-refractivity contribution in [1.82, 2.24) is 10.2 Å². The highest BCUT2D eigenvalue weighted by Crippen LogP contribution is 2.37. The molecule has 1 spiro atoms. The van der Waals surface area contributed by atoms with Gasteiger partial charge in [-0.25, -0.2) is 8.78 Å². The third-order valence-electron chi connectivity index (χ3n) is 4.92. The van der Waals surface area contributed by atoms with Crippen LogP contribution in [0.15, 0.2) is 12.1 Å². The Kier molecular flexibility index (Phi) is 3.69. The van der Waals surface area contributed by atoms with E-state index in [0.29, 0.717) is 24.1 Å². The van der Waals surface area contributed by atoms with Crippen LogP contribution in [0.5, 0.6) is 0 Å². The van der Waals surface area contributed by atoms with Gasteiger partial charge in [0, 0.05) is 25.7 Å². The fourth-order valence-electron chi connectivity index (χ4n) is 3.40. The van der Waals surface area contributed by atoms with E-state index < -0.39 is 11.6 Å². The van der Waals surface area contributed by atoms with Crippen molar-refractivity contribution >= 4 is 5.91 Å². The number of piperidine rings is 1. The quantitative estimate of drug-likeness (QED) is 0.863. The second-order valence-electron chi connectivity index (χ2n) is 6.30. The zero-order chi connectivity index (χ0) is 15.0. The normalized spacial score (nSPS) is 21.0. The van der Waals surface area contributed by atoms with Crippen molar-refractivity contribution in [1.29, 1.82) is 0 Å². The van der Waals surface area contributed by atoms with E-state index in [2.05, 4.69) is 5.32 Å². The van der Waals surface area contributed by atoms with Crippen LogP contribution in [-0.4, -0.2) is 37.0 Å². The van der Waals surface area contributed by atoms with Crippen LogP contribution in [0.3, 0.4) is 0 Å². The van der Waals surface area contributed by atoms with Gasteiger partial charge in [0.25, 0.3) is 5.91 Å². The lowest BCUT2D eigenvalue weighted by Crippen LogP contribution is -2.44. The third kappa shape index (κ3) is 2.67. The van der Waals surface area contributed by atoms with Gasteiger partial charge in [-0.05, 0) is 49.8 Å². The van der Waals surface area contributed by atoms with Crippen molar-refractivity contribution in [2.24, 2.45) is 5.41 Å². The number of hydrogen-bond acceptors (Lipinski definition) is 2. The molecule has 0 aliphatic carbocycles. The molecule has 0 bridgehead atoms. The van der Waals surface area contributed by atoms with E-state index in [-0.39, 0.29) is 11.5 Å². The molecule has 1 N–H and O–H groups in total. The molecular weight excluding hydrogens is 274 g/mol. The zero-order valence-corrected chi connectivity index (χ0v) is 12.2. The van der Waals surface area contributed by atoms with E-state index in [1.165, 1.54) is 6.07 Å². The summed E-state index contributed by atoms with van der Waals surface area (Å²) in [7, 11) is 0. The summed E-state index contributed by atoms with van der Waals surface area (Å²) in [6, 6.07) is 2.11. The molecule has 114 valence electrons. The van der Waals surface area contributed by atoms with Crippen molar-refractivity contribution in [2.75, 3.05) is 26.2 Å². The largest absolute Gasteiger partial charge is 0.339 e. The van der Waals surface area contributed by atoms with Gasteiger partial charge in [-0.2, -0.15) is 0 Å². The summed E-state index contributed by atoms with van der Waals surface area (Å²) in [4.78, 5) is 14.1. The number of benzene rings is 1. The van der Waals surface area contributed by atoms with Crippen LogP contribution in [-0.2, 0) is 0 Å². The maximum absolute atomic E-state index is 13.8. The summed E-state index contributed by atoms with van der Waals surface area (Å²) >= 11 is 0. The molecule has 2 fully saturated rings. The number of halogens is 2. The van der Waals surface area contributed by atoms with Crippen LogP contribution in [0.25, 0.3) is 0 Å². The Bertz CT molecular complexity index is 558. The van der Waals surface area contributed by atoms with Crippen molar-refractivity contribution < 1.29 is 13.6 Å². The molecule has 2 saturated heterocycles. The molecule has 21 heavy (non-hydrogen) atoms. The minimum Gasteiger partial charge on any atom is -0.339 e.